The van der Waals surface area contributed by atoms with Gasteiger partial charge in [-0.1, -0.05) is 12.1 Å². The molecule has 3 fully saturated rings. The van der Waals surface area contributed by atoms with Crippen molar-refractivity contribution >= 4 is 11.7 Å². The van der Waals surface area contributed by atoms with Crippen molar-refractivity contribution in [1.29, 1.82) is 0 Å². The van der Waals surface area contributed by atoms with Crippen LogP contribution in [0.25, 0.3) is 0 Å². The summed E-state index contributed by atoms with van der Waals surface area (Å²) in [5, 5.41) is 3.06. The minimum absolute atomic E-state index is 0.00580. The normalized spacial score (nSPS) is 26.5. The van der Waals surface area contributed by atoms with Crippen LogP contribution in [-0.2, 0) is 15.9 Å². The number of nitrogens with zero attached hydrogens (tertiary/aromatic N) is 2. The van der Waals surface area contributed by atoms with Gasteiger partial charge in [0.2, 0.25) is 0 Å². The Morgan fingerprint density at radius 1 is 1.08 bits per heavy atom. The summed E-state index contributed by atoms with van der Waals surface area (Å²) >= 11 is 0. The zero-order valence-corrected chi connectivity index (χ0v) is 15.4. The number of carbonyl (C=O) groups is 1. The Kier molecular flexibility index (Phi) is 5.72. The first-order chi connectivity index (χ1) is 12.8. The van der Waals surface area contributed by atoms with Crippen molar-refractivity contribution in [2.45, 2.75) is 37.8 Å². The monoisotopic (exact) mass is 359 g/mol. The van der Waals surface area contributed by atoms with E-state index in [4.69, 9.17) is 9.47 Å². The SMILES string of the molecule is O=C(Nc1ccc(CCN2CCOCC2)cc1)N1CCO[C@H]2CCC[C@H]21. The zero-order chi connectivity index (χ0) is 17.8. The first-order valence-electron chi connectivity index (χ1n) is 9.88. The lowest BCUT2D eigenvalue weighted by Gasteiger charge is -2.37. The highest BCUT2D eigenvalue weighted by molar-refractivity contribution is 5.89. The Morgan fingerprint density at radius 2 is 1.88 bits per heavy atom. The topological polar surface area (TPSA) is 54.0 Å². The number of nitrogens with one attached hydrogen (secondary N) is 1. The summed E-state index contributed by atoms with van der Waals surface area (Å²) in [6, 6.07) is 8.52. The molecule has 1 aromatic carbocycles. The standard InChI is InChI=1S/C20H29N3O3/c24-20(23-12-15-26-19-3-1-2-18(19)23)21-17-6-4-16(5-7-17)8-9-22-10-13-25-14-11-22/h4-7,18-19H,1-3,8-15H2,(H,21,24)/t18-,19+/m1/s1. The van der Waals surface area contributed by atoms with Gasteiger partial charge in [0.25, 0.3) is 0 Å². The molecule has 6 heteroatoms. The van der Waals surface area contributed by atoms with Crippen molar-refractivity contribution < 1.29 is 14.3 Å². The van der Waals surface area contributed by atoms with Gasteiger partial charge in [-0.3, -0.25) is 4.90 Å². The third-order valence-electron chi connectivity index (χ3n) is 5.77. The highest BCUT2D eigenvalue weighted by atomic mass is 16.5. The van der Waals surface area contributed by atoms with E-state index in [0.717, 1.165) is 64.2 Å². The maximum absolute atomic E-state index is 12.7. The molecule has 1 aromatic rings. The van der Waals surface area contributed by atoms with E-state index in [0.29, 0.717) is 13.2 Å². The summed E-state index contributed by atoms with van der Waals surface area (Å²) in [6.45, 7) is 6.13. The number of amides is 2. The van der Waals surface area contributed by atoms with Crippen LogP contribution in [0, 0.1) is 0 Å². The molecule has 2 aliphatic heterocycles. The molecule has 2 heterocycles. The van der Waals surface area contributed by atoms with Crippen LogP contribution in [0.2, 0.25) is 0 Å². The van der Waals surface area contributed by atoms with E-state index in [1.165, 1.54) is 5.56 Å². The molecule has 1 aliphatic carbocycles. The summed E-state index contributed by atoms with van der Waals surface area (Å²) < 4.78 is 11.2. The van der Waals surface area contributed by atoms with Gasteiger partial charge in [-0.25, -0.2) is 4.79 Å². The van der Waals surface area contributed by atoms with E-state index in [9.17, 15) is 4.79 Å². The van der Waals surface area contributed by atoms with Crippen molar-refractivity contribution in [3.05, 3.63) is 29.8 Å². The van der Waals surface area contributed by atoms with E-state index in [1.54, 1.807) is 0 Å². The van der Waals surface area contributed by atoms with Gasteiger partial charge in [-0.2, -0.15) is 0 Å². The third kappa shape index (κ3) is 4.19. The van der Waals surface area contributed by atoms with Gasteiger partial charge in [0, 0.05) is 31.9 Å². The second-order valence-corrected chi connectivity index (χ2v) is 7.43. The maximum atomic E-state index is 12.7. The highest BCUT2D eigenvalue weighted by Crippen LogP contribution is 2.30. The quantitative estimate of drug-likeness (QED) is 0.897. The largest absolute Gasteiger partial charge is 0.379 e. The lowest BCUT2D eigenvalue weighted by molar-refractivity contribution is -0.0362. The number of carbonyl (C=O) groups excluding carboxylic acids is 1. The van der Waals surface area contributed by atoms with Crippen molar-refractivity contribution in [1.82, 2.24) is 9.80 Å². The molecule has 0 unspecified atom stereocenters. The molecule has 26 heavy (non-hydrogen) atoms. The van der Waals surface area contributed by atoms with Gasteiger partial charge in [-0.15, -0.1) is 0 Å². The molecule has 2 atom stereocenters. The van der Waals surface area contributed by atoms with Crippen LogP contribution in [0.15, 0.2) is 24.3 Å². The Labute approximate surface area is 155 Å². The average molecular weight is 359 g/mol. The molecule has 2 saturated heterocycles. The molecule has 1 saturated carbocycles. The van der Waals surface area contributed by atoms with E-state index >= 15 is 0 Å². The number of hydrogen-bond donors (Lipinski definition) is 1. The fourth-order valence-electron chi connectivity index (χ4n) is 4.24. The first kappa shape index (κ1) is 17.8. The Bertz CT molecular complexity index is 601. The molecule has 142 valence electrons. The molecule has 0 bridgehead atoms. The Balaban J connectivity index is 1.28. The third-order valence-corrected chi connectivity index (χ3v) is 5.77. The molecular weight excluding hydrogens is 330 g/mol. The molecule has 0 radical (unpaired) electrons. The summed E-state index contributed by atoms with van der Waals surface area (Å²) in [4.78, 5) is 17.1. The minimum atomic E-state index is 0.00580. The number of rotatable bonds is 4. The number of urea groups is 1. The number of morpholine rings is 2. The molecule has 6 nitrogen and oxygen atoms in total. The molecule has 0 spiro atoms. The number of hydrogen-bond acceptors (Lipinski definition) is 4. The number of anilines is 1. The van der Waals surface area contributed by atoms with Crippen molar-refractivity contribution in [2.24, 2.45) is 0 Å². The summed E-state index contributed by atoms with van der Waals surface area (Å²) in [7, 11) is 0. The van der Waals surface area contributed by atoms with Crippen LogP contribution in [0.3, 0.4) is 0 Å². The lowest BCUT2D eigenvalue weighted by Crippen LogP contribution is -2.52. The fraction of sp³-hybridized carbons (Fsp3) is 0.650. The number of benzene rings is 1. The molecule has 3 aliphatic rings. The highest BCUT2D eigenvalue weighted by Gasteiger charge is 2.38. The summed E-state index contributed by atoms with van der Waals surface area (Å²) in [5.41, 5.74) is 2.17. The zero-order valence-electron chi connectivity index (χ0n) is 15.4. The smallest absolute Gasteiger partial charge is 0.322 e. The predicted octanol–water partition coefficient (Wildman–Crippen LogP) is 2.35. The van der Waals surface area contributed by atoms with Crippen molar-refractivity contribution in [3.8, 4) is 0 Å². The molecular formula is C20H29N3O3. The van der Waals surface area contributed by atoms with Crippen LogP contribution in [0.5, 0.6) is 0 Å². The lowest BCUT2D eigenvalue weighted by atomic mass is 10.1. The predicted molar refractivity (Wildman–Crippen MR) is 101 cm³/mol. The van der Waals surface area contributed by atoms with Gasteiger partial charge in [0.1, 0.15) is 0 Å². The van der Waals surface area contributed by atoms with Gasteiger partial charge < -0.3 is 19.7 Å². The van der Waals surface area contributed by atoms with Gasteiger partial charge >= 0.3 is 6.03 Å². The van der Waals surface area contributed by atoms with Crippen LogP contribution >= 0.6 is 0 Å². The van der Waals surface area contributed by atoms with Gasteiger partial charge in [0.05, 0.1) is 32.0 Å². The molecule has 0 aromatic heterocycles. The Morgan fingerprint density at radius 3 is 2.69 bits per heavy atom. The first-order valence-corrected chi connectivity index (χ1v) is 9.88. The van der Waals surface area contributed by atoms with E-state index in [1.807, 2.05) is 17.0 Å². The second-order valence-electron chi connectivity index (χ2n) is 7.43. The number of ether oxygens (including phenoxy) is 2. The summed E-state index contributed by atoms with van der Waals surface area (Å²) in [5.74, 6) is 0. The molecule has 1 N–H and O–H groups in total. The summed E-state index contributed by atoms with van der Waals surface area (Å²) in [6.07, 6.45) is 4.54. The van der Waals surface area contributed by atoms with Crippen LogP contribution in [-0.4, -0.2) is 74.0 Å². The Hall–Kier alpha value is -1.63. The van der Waals surface area contributed by atoms with Crippen LogP contribution in [0.4, 0.5) is 10.5 Å². The maximum Gasteiger partial charge on any atom is 0.322 e. The van der Waals surface area contributed by atoms with Crippen LogP contribution in [0.1, 0.15) is 24.8 Å². The van der Waals surface area contributed by atoms with Crippen LogP contribution < -0.4 is 5.32 Å². The number of fused-ring (bicyclic) bond motifs is 1. The van der Waals surface area contributed by atoms with E-state index < -0.39 is 0 Å². The molecule has 2 amide bonds. The average Bonchev–Trinajstić information content (AvgIpc) is 3.17. The fourth-order valence-corrected chi connectivity index (χ4v) is 4.24. The molecule has 4 rings (SSSR count). The van der Waals surface area contributed by atoms with E-state index in [-0.39, 0.29) is 18.2 Å². The van der Waals surface area contributed by atoms with Crippen molar-refractivity contribution in [2.75, 3.05) is 51.3 Å². The van der Waals surface area contributed by atoms with E-state index in [2.05, 4.69) is 22.3 Å². The second kappa shape index (κ2) is 8.37. The van der Waals surface area contributed by atoms with Crippen molar-refractivity contribution in [3.63, 3.8) is 0 Å². The van der Waals surface area contributed by atoms with Gasteiger partial charge in [-0.05, 0) is 43.4 Å². The van der Waals surface area contributed by atoms with Gasteiger partial charge in [0.15, 0.2) is 0 Å². The minimum Gasteiger partial charge on any atom is -0.379 e.